The summed E-state index contributed by atoms with van der Waals surface area (Å²) in [5.74, 6) is 0.229. The maximum absolute atomic E-state index is 13.3. The van der Waals surface area contributed by atoms with Crippen LogP contribution in [-0.4, -0.2) is 21.6 Å². The summed E-state index contributed by atoms with van der Waals surface area (Å²) in [6, 6.07) is 10.1. The molecule has 1 N–H and O–H groups in total. The van der Waals surface area contributed by atoms with Gasteiger partial charge in [-0.1, -0.05) is 35.3 Å². The Kier molecular flexibility index (Phi) is 6.21. The van der Waals surface area contributed by atoms with Gasteiger partial charge in [0.1, 0.15) is 23.4 Å². The smallest absolute Gasteiger partial charge is 0.261 e. The Morgan fingerprint density at radius 1 is 1.21 bits per heavy atom. The molecule has 8 heteroatoms. The Labute approximate surface area is 172 Å². The fraction of sp³-hybridized carbons (Fsp3) is 0.200. The highest BCUT2D eigenvalue weighted by molar-refractivity contribution is 6.35. The van der Waals surface area contributed by atoms with Crippen molar-refractivity contribution in [3.8, 4) is 5.75 Å². The molecule has 0 saturated heterocycles. The van der Waals surface area contributed by atoms with Gasteiger partial charge in [0.15, 0.2) is 6.10 Å². The number of rotatable bonds is 6. The van der Waals surface area contributed by atoms with Crippen molar-refractivity contribution in [3.05, 3.63) is 82.1 Å². The third-order valence-electron chi connectivity index (χ3n) is 4.17. The number of carbonyl (C=O) groups excluding carboxylic acids is 1. The van der Waals surface area contributed by atoms with Crippen molar-refractivity contribution < 1.29 is 13.9 Å². The number of hydrogen-bond donors (Lipinski definition) is 1. The summed E-state index contributed by atoms with van der Waals surface area (Å²) in [5.41, 5.74) is 0.695. The molecule has 0 aliphatic rings. The van der Waals surface area contributed by atoms with E-state index in [2.05, 4.69) is 10.3 Å². The monoisotopic (exact) mass is 421 g/mol. The molecule has 1 aromatic heterocycles. The highest BCUT2D eigenvalue weighted by atomic mass is 35.5. The maximum atomic E-state index is 13.3. The maximum Gasteiger partial charge on any atom is 0.261 e. The van der Waals surface area contributed by atoms with Gasteiger partial charge in [-0.15, -0.1) is 0 Å². The number of aromatic nitrogens is 2. The van der Waals surface area contributed by atoms with Gasteiger partial charge in [0.2, 0.25) is 0 Å². The summed E-state index contributed by atoms with van der Waals surface area (Å²) >= 11 is 12.0. The Balaban J connectivity index is 1.80. The van der Waals surface area contributed by atoms with Crippen LogP contribution < -0.4 is 10.1 Å². The topological polar surface area (TPSA) is 56.1 Å². The number of aryl methyl sites for hydroxylation is 1. The van der Waals surface area contributed by atoms with Gasteiger partial charge in [-0.25, -0.2) is 9.37 Å². The Bertz CT molecular complexity index is 976. The number of nitrogens with one attached hydrogen (secondary N) is 1. The van der Waals surface area contributed by atoms with Crippen LogP contribution in [0, 0.1) is 5.82 Å². The van der Waals surface area contributed by atoms with Crippen molar-refractivity contribution in [1.29, 1.82) is 0 Å². The number of benzene rings is 2. The van der Waals surface area contributed by atoms with E-state index >= 15 is 0 Å². The lowest BCUT2D eigenvalue weighted by Gasteiger charge is -2.22. The first-order chi connectivity index (χ1) is 13.3. The number of halogens is 3. The van der Waals surface area contributed by atoms with Crippen LogP contribution >= 0.6 is 23.2 Å². The first kappa shape index (κ1) is 20.2. The van der Waals surface area contributed by atoms with Crippen molar-refractivity contribution in [3.63, 3.8) is 0 Å². The molecule has 146 valence electrons. The Morgan fingerprint density at radius 2 is 1.93 bits per heavy atom. The summed E-state index contributed by atoms with van der Waals surface area (Å²) < 4.78 is 20.8. The molecule has 0 aliphatic carbocycles. The summed E-state index contributed by atoms with van der Waals surface area (Å²) in [6.45, 7) is 1.61. The summed E-state index contributed by atoms with van der Waals surface area (Å²) in [4.78, 5) is 17.1. The minimum atomic E-state index is -0.832. The van der Waals surface area contributed by atoms with E-state index in [1.165, 1.54) is 18.2 Å². The van der Waals surface area contributed by atoms with E-state index in [1.807, 2.05) is 7.05 Å². The average molecular weight is 422 g/mol. The minimum absolute atomic E-state index is 0.311. The van der Waals surface area contributed by atoms with Crippen molar-refractivity contribution in [2.24, 2.45) is 7.05 Å². The number of imidazole rings is 1. The molecule has 0 unspecified atom stereocenters. The number of nitrogens with zero attached hydrogens (tertiary/aromatic N) is 2. The van der Waals surface area contributed by atoms with Crippen molar-refractivity contribution in [2.75, 3.05) is 0 Å². The highest BCUT2D eigenvalue weighted by Gasteiger charge is 2.25. The molecule has 0 saturated carbocycles. The van der Waals surface area contributed by atoms with Crippen LogP contribution in [-0.2, 0) is 11.8 Å². The average Bonchev–Trinajstić information content (AvgIpc) is 3.08. The van der Waals surface area contributed by atoms with Gasteiger partial charge in [0.05, 0.1) is 5.02 Å². The highest BCUT2D eigenvalue weighted by Crippen LogP contribution is 2.28. The van der Waals surface area contributed by atoms with Crippen molar-refractivity contribution in [2.45, 2.75) is 19.1 Å². The molecule has 1 heterocycles. The third kappa shape index (κ3) is 4.64. The van der Waals surface area contributed by atoms with Crippen LogP contribution in [0.2, 0.25) is 10.0 Å². The zero-order chi connectivity index (χ0) is 20.3. The third-order valence-corrected chi connectivity index (χ3v) is 4.70. The second kappa shape index (κ2) is 8.63. The summed E-state index contributed by atoms with van der Waals surface area (Å²) in [6.07, 6.45) is 2.57. The van der Waals surface area contributed by atoms with E-state index in [4.69, 9.17) is 27.9 Å². The normalized spacial score (nSPS) is 13.0. The molecule has 5 nitrogen and oxygen atoms in total. The fourth-order valence-corrected chi connectivity index (χ4v) is 3.13. The van der Waals surface area contributed by atoms with E-state index in [9.17, 15) is 9.18 Å². The first-order valence-electron chi connectivity index (χ1n) is 8.50. The quantitative estimate of drug-likeness (QED) is 0.635. The minimum Gasteiger partial charge on any atom is -0.479 e. The molecular weight excluding hydrogens is 404 g/mol. The molecule has 0 bridgehead atoms. The molecular formula is C20H18Cl2FN3O2. The van der Waals surface area contributed by atoms with Gasteiger partial charge in [0.25, 0.3) is 5.91 Å². The molecule has 3 rings (SSSR count). The predicted octanol–water partition coefficient (Wildman–Crippen LogP) is 4.54. The molecule has 2 aromatic carbocycles. The second-order valence-electron chi connectivity index (χ2n) is 6.22. The Morgan fingerprint density at radius 3 is 2.54 bits per heavy atom. The van der Waals surface area contributed by atoms with Gasteiger partial charge in [-0.2, -0.15) is 0 Å². The molecule has 2 atom stereocenters. The standard InChI is InChI=1S/C20H18Cl2FN3O2/c1-12(28-17-8-5-14(21)11-16(17)22)20(27)25-18(19-24-9-10-26(19)2)13-3-6-15(23)7-4-13/h3-12,18H,1-2H3,(H,25,27)/t12-,18-/m0/s1. The predicted molar refractivity (Wildman–Crippen MR) is 106 cm³/mol. The van der Waals surface area contributed by atoms with E-state index in [0.29, 0.717) is 27.2 Å². The van der Waals surface area contributed by atoms with Crippen LogP contribution in [0.3, 0.4) is 0 Å². The lowest BCUT2D eigenvalue weighted by atomic mass is 10.1. The van der Waals surface area contributed by atoms with Gasteiger partial charge in [0, 0.05) is 24.5 Å². The van der Waals surface area contributed by atoms with Gasteiger partial charge < -0.3 is 14.6 Å². The van der Waals surface area contributed by atoms with E-state index in [-0.39, 0.29) is 11.7 Å². The lowest BCUT2D eigenvalue weighted by Crippen LogP contribution is -2.39. The van der Waals surface area contributed by atoms with Gasteiger partial charge in [-0.3, -0.25) is 4.79 Å². The molecule has 0 spiro atoms. The first-order valence-corrected chi connectivity index (χ1v) is 9.25. The molecule has 1 amide bonds. The molecule has 0 aliphatic heterocycles. The largest absolute Gasteiger partial charge is 0.479 e. The number of ether oxygens (including phenoxy) is 1. The molecule has 0 radical (unpaired) electrons. The number of amides is 1. The van der Waals surface area contributed by atoms with Gasteiger partial charge >= 0.3 is 0 Å². The lowest BCUT2D eigenvalue weighted by molar-refractivity contribution is -0.127. The zero-order valence-electron chi connectivity index (χ0n) is 15.2. The molecule has 3 aromatic rings. The number of carbonyl (C=O) groups is 1. The van der Waals surface area contributed by atoms with Crippen LogP contribution in [0.5, 0.6) is 5.75 Å². The zero-order valence-corrected chi connectivity index (χ0v) is 16.7. The fourth-order valence-electron chi connectivity index (χ4n) is 2.68. The Hall–Kier alpha value is -2.57. The summed E-state index contributed by atoms with van der Waals surface area (Å²) in [7, 11) is 1.82. The number of hydrogen-bond acceptors (Lipinski definition) is 3. The van der Waals surface area contributed by atoms with Gasteiger partial charge in [-0.05, 0) is 42.8 Å². The van der Waals surface area contributed by atoms with Crippen LogP contribution in [0.25, 0.3) is 0 Å². The van der Waals surface area contributed by atoms with Crippen molar-refractivity contribution >= 4 is 29.1 Å². The van der Waals surface area contributed by atoms with Crippen LogP contribution in [0.4, 0.5) is 4.39 Å². The molecule has 28 heavy (non-hydrogen) atoms. The SMILES string of the molecule is C[C@H](Oc1ccc(Cl)cc1Cl)C(=O)N[C@@H](c1ccc(F)cc1)c1nccn1C. The molecule has 0 fully saturated rings. The van der Waals surface area contributed by atoms with Crippen LogP contribution in [0.15, 0.2) is 54.9 Å². The second-order valence-corrected chi connectivity index (χ2v) is 7.07. The van der Waals surface area contributed by atoms with E-state index < -0.39 is 12.1 Å². The van der Waals surface area contributed by atoms with Crippen molar-refractivity contribution in [1.82, 2.24) is 14.9 Å². The van der Waals surface area contributed by atoms with Crippen LogP contribution in [0.1, 0.15) is 24.4 Å². The summed E-state index contributed by atoms with van der Waals surface area (Å²) in [5, 5.41) is 3.69. The van der Waals surface area contributed by atoms with E-state index in [0.717, 1.165) is 0 Å². The van der Waals surface area contributed by atoms with E-state index in [1.54, 1.807) is 48.1 Å².